The van der Waals surface area contributed by atoms with Gasteiger partial charge in [-0.15, -0.1) is 0 Å². The number of ether oxygens (including phenoxy) is 2. The maximum atomic E-state index is 14.7. The zero-order chi connectivity index (χ0) is 30.4. The Labute approximate surface area is 240 Å². The smallest absolute Gasteiger partial charge is 0.255 e. The normalized spacial score (nSPS) is 12.2. The van der Waals surface area contributed by atoms with Gasteiger partial charge in [0, 0.05) is 23.7 Å². The number of halogens is 3. The molecule has 0 saturated carbocycles. The van der Waals surface area contributed by atoms with E-state index in [-0.39, 0.29) is 33.9 Å². The molecule has 4 aromatic rings. The summed E-state index contributed by atoms with van der Waals surface area (Å²) >= 11 is 0. The van der Waals surface area contributed by atoms with Gasteiger partial charge in [-0.25, -0.2) is 31.0 Å². The molecule has 222 valence electrons. The fourth-order valence-electron chi connectivity index (χ4n) is 4.31. The number of nitrogens with zero attached hydrogens (tertiary/aromatic N) is 2. The molecule has 4 rings (SSSR count). The van der Waals surface area contributed by atoms with Gasteiger partial charge in [-0.2, -0.15) is 5.10 Å². The van der Waals surface area contributed by atoms with Gasteiger partial charge in [-0.05, 0) is 29.8 Å². The fourth-order valence-corrected chi connectivity index (χ4v) is 5.54. The van der Waals surface area contributed by atoms with E-state index in [0.29, 0.717) is 17.1 Å². The monoisotopic (exact) mass is 603 g/mol. The molecule has 1 heterocycles. The van der Waals surface area contributed by atoms with Crippen molar-refractivity contribution in [3.8, 4) is 17.2 Å². The molecular formula is C28H28F3N5O5S. The van der Waals surface area contributed by atoms with E-state index in [2.05, 4.69) is 15.1 Å². The number of rotatable bonds is 13. The molecule has 3 aromatic carbocycles. The van der Waals surface area contributed by atoms with E-state index in [1.165, 1.54) is 73.8 Å². The van der Waals surface area contributed by atoms with E-state index in [0.717, 1.165) is 0 Å². The molecule has 1 amide bonds. The number of nitrogens with one attached hydrogen (secondary N) is 2. The zero-order valence-electron chi connectivity index (χ0n) is 22.6. The Morgan fingerprint density at radius 2 is 1.83 bits per heavy atom. The second-order valence-corrected chi connectivity index (χ2v) is 10.8. The lowest BCUT2D eigenvalue weighted by atomic mass is 9.90. The molecule has 1 unspecified atom stereocenters. The van der Waals surface area contributed by atoms with Gasteiger partial charge in [0.1, 0.15) is 22.2 Å². The summed E-state index contributed by atoms with van der Waals surface area (Å²) in [5.41, 5.74) is 6.49. The van der Waals surface area contributed by atoms with Crippen molar-refractivity contribution in [2.24, 2.45) is 5.73 Å². The van der Waals surface area contributed by atoms with Crippen LogP contribution < -0.4 is 25.2 Å². The number of sulfonamides is 1. The molecule has 0 fully saturated rings. The van der Waals surface area contributed by atoms with E-state index < -0.39 is 40.6 Å². The third-order valence-corrected chi connectivity index (χ3v) is 7.77. The van der Waals surface area contributed by atoms with Gasteiger partial charge in [-0.1, -0.05) is 30.3 Å². The molecule has 0 bridgehead atoms. The van der Waals surface area contributed by atoms with Crippen LogP contribution >= 0.6 is 0 Å². The van der Waals surface area contributed by atoms with E-state index in [4.69, 9.17) is 15.2 Å². The van der Waals surface area contributed by atoms with Gasteiger partial charge in [-0.3, -0.25) is 4.79 Å². The molecular weight excluding hydrogens is 575 g/mol. The SMILES string of the molecule is COc1ccc(CNS(=O)(=O)c2cc(C(C(N)=O)c3ccccc3F)ccc2-n2cc(NCC(F)F)cn2)c(OC)c1. The van der Waals surface area contributed by atoms with Crippen molar-refractivity contribution < 1.29 is 35.9 Å². The average Bonchev–Trinajstić information content (AvgIpc) is 3.45. The van der Waals surface area contributed by atoms with Gasteiger partial charge in [0.15, 0.2) is 0 Å². The molecule has 14 heteroatoms. The molecule has 0 radical (unpaired) electrons. The Bertz CT molecular complexity index is 1680. The van der Waals surface area contributed by atoms with Crippen molar-refractivity contribution in [2.75, 3.05) is 26.1 Å². The Kier molecular flexibility index (Phi) is 9.38. The van der Waals surface area contributed by atoms with Gasteiger partial charge < -0.3 is 20.5 Å². The number of methoxy groups -OCH3 is 2. The van der Waals surface area contributed by atoms with Gasteiger partial charge in [0.05, 0.1) is 50.5 Å². The number of anilines is 1. The number of amides is 1. The van der Waals surface area contributed by atoms with E-state index >= 15 is 0 Å². The molecule has 0 aliphatic rings. The number of hydrogen-bond donors (Lipinski definition) is 3. The van der Waals surface area contributed by atoms with Crippen LogP contribution in [0, 0.1) is 5.82 Å². The lowest BCUT2D eigenvalue weighted by molar-refractivity contribution is -0.118. The molecule has 1 aromatic heterocycles. The molecule has 10 nitrogen and oxygen atoms in total. The number of primary amides is 1. The average molecular weight is 604 g/mol. The second-order valence-electron chi connectivity index (χ2n) is 9.03. The first-order valence-corrected chi connectivity index (χ1v) is 14.0. The maximum Gasteiger partial charge on any atom is 0.255 e. The Hall–Kier alpha value is -4.56. The van der Waals surface area contributed by atoms with Gasteiger partial charge in [0.2, 0.25) is 15.9 Å². The van der Waals surface area contributed by atoms with Crippen LogP contribution in [0.1, 0.15) is 22.6 Å². The molecule has 1 atom stereocenters. The number of nitrogens with two attached hydrogens (primary N) is 1. The minimum absolute atomic E-state index is 0.0328. The standard InChI is InChI=1S/C28H28F3N5O5S/c1-40-20-9-7-18(24(12-20)41-2)13-35-42(38,39)25-11-17(27(28(32)37)21-5-3-4-6-22(21)29)8-10-23(25)36-16-19(14-34-36)33-15-26(30)31/h3-12,14,16,26-27,33,35H,13,15H2,1-2H3,(H2,32,37). The Morgan fingerprint density at radius 3 is 2.50 bits per heavy atom. The number of hydrogen-bond acceptors (Lipinski definition) is 7. The summed E-state index contributed by atoms with van der Waals surface area (Å²) in [6, 6.07) is 14.4. The number of aromatic nitrogens is 2. The summed E-state index contributed by atoms with van der Waals surface area (Å²) in [6.45, 7) is -0.823. The minimum atomic E-state index is -4.35. The number of alkyl halides is 2. The fraction of sp³-hybridized carbons (Fsp3) is 0.214. The molecule has 0 saturated heterocycles. The van der Waals surface area contributed by atoms with Crippen molar-refractivity contribution in [3.05, 3.63) is 95.6 Å². The predicted molar refractivity (Wildman–Crippen MR) is 149 cm³/mol. The summed E-state index contributed by atoms with van der Waals surface area (Å²) in [4.78, 5) is 12.2. The number of benzene rings is 3. The van der Waals surface area contributed by atoms with Crippen molar-refractivity contribution in [1.82, 2.24) is 14.5 Å². The van der Waals surface area contributed by atoms with Crippen molar-refractivity contribution in [1.29, 1.82) is 0 Å². The Morgan fingerprint density at radius 1 is 1.07 bits per heavy atom. The highest BCUT2D eigenvalue weighted by atomic mass is 32.2. The number of carbonyl (C=O) groups excluding carboxylic acids is 1. The highest BCUT2D eigenvalue weighted by molar-refractivity contribution is 7.89. The van der Waals surface area contributed by atoms with Crippen LogP contribution in [0.4, 0.5) is 18.9 Å². The van der Waals surface area contributed by atoms with Crippen LogP contribution in [0.15, 0.2) is 78.0 Å². The number of carbonyl (C=O) groups is 1. The first kappa shape index (κ1) is 30.4. The molecule has 0 aliphatic heterocycles. The van der Waals surface area contributed by atoms with Crippen LogP contribution in [0.2, 0.25) is 0 Å². The first-order valence-electron chi connectivity index (χ1n) is 12.5. The zero-order valence-corrected chi connectivity index (χ0v) is 23.4. The highest BCUT2D eigenvalue weighted by Crippen LogP contribution is 2.32. The summed E-state index contributed by atoms with van der Waals surface area (Å²) in [5.74, 6) is -2.02. The van der Waals surface area contributed by atoms with Gasteiger partial charge in [0.25, 0.3) is 6.43 Å². The quantitative estimate of drug-likeness (QED) is 0.211. The Balaban J connectivity index is 1.79. The summed E-state index contributed by atoms with van der Waals surface area (Å²) < 4.78 is 81.8. The molecule has 0 aliphatic carbocycles. The second kappa shape index (κ2) is 13.0. The molecule has 42 heavy (non-hydrogen) atoms. The van der Waals surface area contributed by atoms with Crippen LogP contribution in [0.25, 0.3) is 5.69 Å². The van der Waals surface area contributed by atoms with E-state index in [1.54, 1.807) is 18.2 Å². The van der Waals surface area contributed by atoms with Gasteiger partial charge >= 0.3 is 0 Å². The van der Waals surface area contributed by atoms with Crippen molar-refractivity contribution in [2.45, 2.75) is 23.8 Å². The van der Waals surface area contributed by atoms with E-state index in [1.807, 2.05) is 0 Å². The topological polar surface area (TPSA) is 138 Å². The van der Waals surface area contributed by atoms with Crippen LogP contribution in [0.5, 0.6) is 11.5 Å². The third kappa shape index (κ3) is 6.83. The van der Waals surface area contributed by atoms with Crippen LogP contribution in [0.3, 0.4) is 0 Å². The summed E-state index contributed by atoms with van der Waals surface area (Å²) in [7, 11) is -1.44. The van der Waals surface area contributed by atoms with Crippen LogP contribution in [-0.2, 0) is 21.4 Å². The van der Waals surface area contributed by atoms with Crippen LogP contribution in [-0.4, -0.2) is 51.3 Å². The first-order chi connectivity index (χ1) is 20.0. The largest absolute Gasteiger partial charge is 0.497 e. The van der Waals surface area contributed by atoms with Crippen molar-refractivity contribution >= 4 is 21.6 Å². The summed E-state index contributed by atoms with van der Waals surface area (Å²) in [6.07, 6.45) is -0.0222. The maximum absolute atomic E-state index is 14.7. The summed E-state index contributed by atoms with van der Waals surface area (Å²) in [5, 5.41) is 6.62. The van der Waals surface area contributed by atoms with Crippen molar-refractivity contribution in [3.63, 3.8) is 0 Å². The molecule has 0 spiro atoms. The predicted octanol–water partition coefficient (Wildman–Crippen LogP) is 3.80. The van der Waals surface area contributed by atoms with E-state index in [9.17, 15) is 26.4 Å². The third-order valence-electron chi connectivity index (χ3n) is 6.34. The lowest BCUT2D eigenvalue weighted by Gasteiger charge is -2.19. The molecule has 4 N–H and O–H groups in total. The lowest BCUT2D eigenvalue weighted by Crippen LogP contribution is -2.27. The minimum Gasteiger partial charge on any atom is -0.497 e. The highest BCUT2D eigenvalue weighted by Gasteiger charge is 2.28.